The van der Waals surface area contributed by atoms with E-state index in [1.165, 1.54) is 0 Å². The van der Waals surface area contributed by atoms with E-state index in [0.717, 1.165) is 11.3 Å². The quantitative estimate of drug-likeness (QED) is 0.844. The molecule has 19 heavy (non-hydrogen) atoms. The molecule has 1 atom stereocenters. The van der Waals surface area contributed by atoms with Crippen molar-refractivity contribution in [3.8, 4) is 11.5 Å². The van der Waals surface area contributed by atoms with Crippen LogP contribution in [-0.4, -0.2) is 19.0 Å². The number of methoxy groups -OCH3 is 1. The first-order valence-electron chi connectivity index (χ1n) is 6.21. The first kappa shape index (κ1) is 11.8. The van der Waals surface area contributed by atoms with Crippen LogP contribution in [0.5, 0.6) is 11.5 Å². The van der Waals surface area contributed by atoms with Crippen molar-refractivity contribution in [1.82, 2.24) is 0 Å². The fraction of sp³-hybridized carbons (Fsp3) is 0.188. The SMILES string of the molecule is COc1cccc(C[C@@H]2Oc3ccccc3C2=O)c1. The van der Waals surface area contributed by atoms with Gasteiger partial charge in [-0.15, -0.1) is 0 Å². The molecule has 3 rings (SSSR count). The number of hydrogen-bond acceptors (Lipinski definition) is 3. The Morgan fingerprint density at radius 2 is 2.00 bits per heavy atom. The molecule has 2 aromatic rings. The largest absolute Gasteiger partial charge is 0.497 e. The van der Waals surface area contributed by atoms with Gasteiger partial charge in [0.05, 0.1) is 12.7 Å². The number of fused-ring (bicyclic) bond motifs is 1. The molecule has 0 amide bonds. The van der Waals surface area contributed by atoms with E-state index in [1.54, 1.807) is 7.11 Å². The zero-order chi connectivity index (χ0) is 13.2. The summed E-state index contributed by atoms with van der Waals surface area (Å²) < 4.78 is 10.9. The van der Waals surface area contributed by atoms with Gasteiger partial charge in [-0.1, -0.05) is 24.3 Å². The maximum atomic E-state index is 12.2. The Morgan fingerprint density at radius 1 is 1.16 bits per heavy atom. The van der Waals surface area contributed by atoms with Crippen molar-refractivity contribution < 1.29 is 14.3 Å². The van der Waals surface area contributed by atoms with Crippen LogP contribution in [0.4, 0.5) is 0 Å². The van der Waals surface area contributed by atoms with E-state index >= 15 is 0 Å². The molecule has 0 saturated carbocycles. The van der Waals surface area contributed by atoms with Gasteiger partial charge < -0.3 is 9.47 Å². The van der Waals surface area contributed by atoms with E-state index in [2.05, 4.69) is 0 Å². The Kier molecular flexibility index (Phi) is 2.95. The normalized spacial score (nSPS) is 16.9. The van der Waals surface area contributed by atoms with Gasteiger partial charge in [0.1, 0.15) is 11.5 Å². The summed E-state index contributed by atoms with van der Waals surface area (Å²) in [7, 11) is 1.63. The highest BCUT2D eigenvalue weighted by Crippen LogP contribution is 2.30. The summed E-state index contributed by atoms with van der Waals surface area (Å²) in [5.74, 6) is 1.53. The number of carbonyl (C=O) groups excluding carboxylic acids is 1. The van der Waals surface area contributed by atoms with Crippen LogP contribution in [-0.2, 0) is 6.42 Å². The number of benzene rings is 2. The number of Topliss-reactive ketones (excluding diaryl/α,β-unsaturated/α-hetero) is 1. The number of ether oxygens (including phenoxy) is 2. The van der Waals surface area contributed by atoms with E-state index in [1.807, 2.05) is 48.5 Å². The lowest BCUT2D eigenvalue weighted by molar-refractivity contribution is 0.0857. The molecular formula is C16H14O3. The number of hydrogen-bond donors (Lipinski definition) is 0. The number of rotatable bonds is 3. The fourth-order valence-corrected chi connectivity index (χ4v) is 2.30. The topological polar surface area (TPSA) is 35.5 Å². The number of carbonyl (C=O) groups is 1. The Bertz CT molecular complexity index is 619. The van der Waals surface area contributed by atoms with Crippen LogP contribution in [0, 0.1) is 0 Å². The molecule has 0 N–H and O–H groups in total. The molecule has 0 aliphatic carbocycles. The molecule has 0 saturated heterocycles. The first-order valence-corrected chi connectivity index (χ1v) is 6.21. The molecule has 0 spiro atoms. The lowest BCUT2D eigenvalue weighted by Gasteiger charge is -2.10. The lowest BCUT2D eigenvalue weighted by atomic mass is 10.0. The highest BCUT2D eigenvalue weighted by Gasteiger charge is 2.31. The van der Waals surface area contributed by atoms with Crippen molar-refractivity contribution in [2.24, 2.45) is 0 Å². The lowest BCUT2D eigenvalue weighted by Crippen LogP contribution is -2.23. The molecule has 0 aromatic heterocycles. The summed E-state index contributed by atoms with van der Waals surface area (Å²) >= 11 is 0. The minimum atomic E-state index is -0.426. The summed E-state index contributed by atoms with van der Waals surface area (Å²) in [5, 5.41) is 0. The van der Waals surface area contributed by atoms with Crippen molar-refractivity contribution >= 4 is 5.78 Å². The third-order valence-corrected chi connectivity index (χ3v) is 3.27. The Morgan fingerprint density at radius 3 is 2.79 bits per heavy atom. The van der Waals surface area contributed by atoms with Gasteiger partial charge in [-0.3, -0.25) is 4.79 Å². The van der Waals surface area contributed by atoms with E-state index in [9.17, 15) is 4.79 Å². The molecule has 96 valence electrons. The van der Waals surface area contributed by atoms with Gasteiger partial charge in [-0.2, -0.15) is 0 Å². The molecule has 2 aromatic carbocycles. The van der Waals surface area contributed by atoms with Gasteiger partial charge in [-0.05, 0) is 29.8 Å². The fourth-order valence-electron chi connectivity index (χ4n) is 2.30. The standard InChI is InChI=1S/C16H14O3/c1-18-12-6-4-5-11(9-12)10-15-16(17)13-7-2-3-8-14(13)19-15/h2-9,15H,10H2,1H3/t15-/m0/s1. The second-order valence-electron chi connectivity index (χ2n) is 4.52. The summed E-state index contributed by atoms with van der Waals surface area (Å²) in [6.45, 7) is 0. The molecule has 3 heteroatoms. The number of ketones is 1. The van der Waals surface area contributed by atoms with Crippen LogP contribution in [0.15, 0.2) is 48.5 Å². The molecule has 0 fully saturated rings. The van der Waals surface area contributed by atoms with Crippen LogP contribution in [0.2, 0.25) is 0 Å². The predicted molar refractivity (Wildman–Crippen MR) is 71.9 cm³/mol. The van der Waals surface area contributed by atoms with Crippen molar-refractivity contribution in [3.63, 3.8) is 0 Å². The van der Waals surface area contributed by atoms with Gasteiger partial charge in [0, 0.05) is 6.42 Å². The van der Waals surface area contributed by atoms with Gasteiger partial charge in [0.25, 0.3) is 0 Å². The third-order valence-electron chi connectivity index (χ3n) is 3.27. The zero-order valence-corrected chi connectivity index (χ0v) is 10.6. The molecule has 0 bridgehead atoms. The van der Waals surface area contributed by atoms with E-state index < -0.39 is 6.10 Å². The van der Waals surface area contributed by atoms with Crippen LogP contribution in [0.3, 0.4) is 0 Å². The smallest absolute Gasteiger partial charge is 0.207 e. The van der Waals surface area contributed by atoms with Crippen molar-refractivity contribution in [2.45, 2.75) is 12.5 Å². The van der Waals surface area contributed by atoms with E-state index in [-0.39, 0.29) is 5.78 Å². The zero-order valence-electron chi connectivity index (χ0n) is 10.6. The Hall–Kier alpha value is -2.29. The molecule has 1 aliphatic rings. The molecule has 0 unspecified atom stereocenters. The van der Waals surface area contributed by atoms with E-state index in [4.69, 9.17) is 9.47 Å². The summed E-state index contributed by atoms with van der Waals surface area (Å²) in [6, 6.07) is 15.1. The second-order valence-corrected chi connectivity index (χ2v) is 4.52. The van der Waals surface area contributed by atoms with Gasteiger partial charge in [-0.25, -0.2) is 0 Å². The van der Waals surface area contributed by atoms with Crippen LogP contribution in [0.25, 0.3) is 0 Å². The van der Waals surface area contributed by atoms with Crippen LogP contribution in [0.1, 0.15) is 15.9 Å². The van der Waals surface area contributed by atoms with Gasteiger partial charge in [0.2, 0.25) is 5.78 Å². The maximum Gasteiger partial charge on any atom is 0.207 e. The Balaban J connectivity index is 1.81. The summed E-state index contributed by atoms with van der Waals surface area (Å²) in [5.41, 5.74) is 1.71. The molecular weight excluding hydrogens is 240 g/mol. The number of para-hydroxylation sites is 1. The average Bonchev–Trinajstić information content (AvgIpc) is 2.76. The summed E-state index contributed by atoms with van der Waals surface area (Å²) in [6.07, 6.45) is 0.134. The monoisotopic (exact) mass is 254 g/mol. The van der Waals surface area contributed by atoms with Gasteiger partial charge in [0.15, 0.2) is 6.10 Å². The van der Waals surface area contributed by atoms with Crippen molar-refractivity contribution in [2.75, 3.05) is 7.11 Å². The second kappa shape index (κ2) is 4.76. The molecule has 3 nitrogen and oxygen atoms in total. The summed E-state index contributed by atoms with van der Waals surface area (Å²) in [4.78, 5) is 12.2. The predicted octanol–water partition coefficient (Wildman–Crippen LogP) is 2.88. The Labute approximate surface area is 111 Å². The van der Waals surface area contributed by atoms with E-state index in [0.29, 0.717) is 17.7 Å². The molecule has 1 heterocycles. The average molecular weight is 254 g/mol. The highest BCUT2D eigenvalue weighted by atomic mass is 16.5. The first-order chi connectivity index (χ1) is 9.28. The van der Waals surface area contributed by atoms with Crippen molar-refractivity contribution in [3.05, 3.63) is 59.7 Å². The minimum absolute atomic E-state index is 0.0541. The molecule has 1 aliphatic heterocycles. The maximum absolute atomic E-state index is 12.2. The minimum Gasteiger partial charge on any atom is -0.497 e. The highest BCUT2D eigenvalue weighted by molar-refractivity contribution is 6.04. The van der Waals surface area contributed by atoms with Crippen molar-refractivity contribution in [1.29, 1.82) is 0 Å². The molecule has 0 radical (unpaired) electrons. The van der Waals surface area contributed by atoms with Gasteiger partial charge >= 0.3 is 0 Å². The van der Waals surface area contributed by atoms with Crippen LogP contribution < -0.4 is 9.47 Å². The third kappa shape index (κ3) is 2.19. The van der Waals surface area contributed by atoms with Crippen LogP contribution >= 0.6 is 0 Å².